The molecule has 1 saturated heterocycles. The third-order valence-corrected chi connectivity index (χ3v) is 3.06. The first kappa shape index (κ1) is 5.70. The fourth-order valence-corrected chi connectivity index (χ4v) is 2.46. The summed E-state index contributed by atoms with van der Waals surface area (Å²) in [5, 5.41) is 1.31. The van der Waals surface area contributed by atoms with Gasteiger partial charge in [0.25, 0.3) is 0 Å². The molecule has 0 spiro atoms. The van der Waals surface area contributed by atoms with E-state index in [0.29, 0.717) is 0 Å². The van der Waals surface area contributed by atoms with E-state index in [2.05, 4.69) is 26.7 Å². The van der Waals surface area contributed by atoms with Crippen molar-refractivity contribution in [2.24, 2.45) is 0 Å². The third kappa shape index (κ3) is 0.976. The number of nitrogens with zero attached hydrogens (tertiary/aromatic N) is 1. The number of allylic oxidation sites excluding steroid dienone is 2. The Morgan fingerprint density at radius 3 is 3.56 bits per heavy atom. The highest BCUT2D eigenvalue weighted by Crippen LogP contribution is 2.34. The second kappa shape index (κ2) is 2.28. The summed E-state index contributed by atoms with van der Waals surface area (Å²) in [5.41, 5.74) is 0. The Balaban J connectivity index is 2.23. The lowest BCUT2D eigenvalue weighted by atomic mass is 10.4. The van der Waals surface area contributed by atoms with E-state index in [9.17, 15) is 0 Å². The lowest BCUT2D eigenvalue weighted by Gasteiger charge is -2.14. The van der Waals surface area contributed by atoms with Gasteiger partial charge in [-0.3, -0.25) is 4.31 Å². The number of rotatable bonds is 0. The highest BCUT2D eigenvalue weighted by atomic mass is 32.2. The average molecular weight is 158 g/mol. The summed E-state index contributed by atoms with van der Waals surface area (Å²) in [6.45, 7) is 1.02. The number of hydrogen-bond acceptors (Lipinski definition) is 4. The zero-order valence-corrected chi connectivity index (χ0v) is 6.34. The van der Waals surface area contributed by atoms with E-state index in [-0.39, 0.29) is 0 Å². The van der Waals surface area contributed by atoms with Crippen LogP contribution in [0.1, 0.15) is 0 Å². The van der Waals surface area contributed by atoms with Crippen LogP contribution in [-0.2, 0) is 0 Å². The van der Waals surface area contributed by atoms with Gasteiger partial charge < -0.3 is 0 Å². The van der Waals surface area contributed by atoms with E-state index in [4.69, 9.17) is 0 Å². The summed E-state index contributed by atoms with van der Waals surface area (Å²) < 4.78 is 5.33. The Morgan fingerprint density at radius 1 is 1.67 bits per heavy atom. The van der Waals surface area contributed by atoms with Gasteiger partial charge in [0.2, 0.25) is 0 Å². The monoisotopic (exact) mass is 158 g/mol. The molecule has 0 saturated carbocycles. The first-order chi connectivity index (χ1) is 4.47. The van der Waals surface area contributed by atoms with Gasteiger partial charge in [0, 0.05) is 18.7 Å². The van der Waals surface area contributed by atoms with Crippen molar-refractivity contribution in [2.75, 3.05) is 6.54 Å². The Morgan fingerprint density at radius 2 is 2.67 bits per heavy atom. The molecule has 0 unspecified atom stereocenters. The minimum atomic E-state index is 1.02. The van der Waals surface area contributed by atoms with Crippen LogP contribution in [0.2, 0.25) is 0 Å². The summed E-state index contributed by atoms with van der Waals surface area (Å²) in [4.78, 5) is 0. The molecule has 2 heterocycles. The Bertz CT molecular complexity index is 176. The molecule has 9 heavy (non-hydrogen) atoms. The predicted molar refractivity (Wildman–Crippen MR) is 42.2 cm³/mol. The van der Waals surface area contributed by atoms with Gasteiger partial charge in [-0.15, -0.1) is 0 Å². The molecule has 0 bridgehead atoms. The van der Waals surface area contributed by atoms with Crippen molar-refractivity contribution in [2.45, 2.75) is 0 Å². The summed E-state index contributed by atoms with van der Waals surface area (Å²) >= 11 is 3.33. The van der Waals surface area contributed by atoms with Gasteiger partial charge in [0.05, 0.1) is 5.03 Å². The summed E-state index contributed by atoms with van der Waals surface area (Å²) in [6, 6.07) is 0. The smallest absolute Gasteiger partial charge is 0.0981 e. The van der Waals surface area contributed by atoms with Crippen LogP contribution >= 0.6 is 24.1 Å². The molecule has 0 atom stereocenters. The first-order valence-electron chi connectivity index (χ1n) is 2.70. The molecule has 0 aromatic heterocycles. The topological polar surface area (TPSA) is 15.3 Å². The first-order valence-corrected chi connectivity index (χ1v) is 4.29. The number of fused-ring (bicyclic) bond motifs is 1. The maximum Gasteiger partial charge on any atom is 0.0981 e. The van der Waals surface area contributed by atoms with Crippen LogP contribution in [0.3, 0.4) is 0 Å². The molecule has 0 aromatic rings. The van der Waals surface area contributed by atoms with Crippen LogP contribution in [-0.4, -0.2) is 10.8 Å². The SMILES string of the molecule is C1=CCN2SNSC2=C1. The van der Waals surface area contributed by atoms with Gasteiger partial charge in [-0.25, -0.2) is 0 Å². The molecule has 2 rings (SSSR count). The van der Waals surface area contributed by atoms with Crippen molar-refractivity contribution in [1.29, 1.82) is 0 Å². The van der Waals surface area contributed by atoms with E-state index in [1.54, 1.807) is 24.1 Å². The van der Waals surface area contributed by atoms with Crippen LogP contribution in [0.15, 0.2) is 23.3 Å². The summed E-state index contributed by atoms with van der Waals surface area (Å²) in [5.74, 6) is 0. The van der Waals surface area contributed by atoms with E-state index in [1.807, 2.05) is 0 Å². The van der Waals surface area contributed by atoms with Gasteiger partial charge in [-0.1, -0.05) is 12.2 Å². The molecule has 0 radical (unpaired) electrons. The van der Waals surface area contributed by atoms with Crippen LogP contribution in [0.25, 0.3) is 0 Å². The molecule has 2 aliphatic heterocycles. The lowest BCUT2D eigenvalue weighted by Crippen LogP contribution is -2.10. The highest BCUT2D eigenvalue weighted by molar-refractivity contribution is 8.16. The molecule has 1 fully saturated rings. The normalized spacial score (nSPS) is 24.0. The highest BCUT2D eigenvalue weighted by Gasteiger charge is 2.18. The maximum absolute atomic E-state index is 3.12. The van der Waals surface area contributed by atoms with Crippen molar-refractivity contribution in [3.05, 3.63) is 23.3 Å². The van der Waals surface area contributed by atoms with Gasteiger partial charge in [0.1, 0.15) is 0 Å². The average Bonchev–Trinajstić information content (AvgIpc) is 2.33. The van der Waals surface area contributed by atoms with Gasteiger partial charge in [0.15, 0.2) is 0 Å². The van der Waals surface area contributed by atoms with Crippen LogP contribution in [0.4, 0.5) is 0 Å². The molecule has 0 amide bonds. The Hall–Kier alpha value is -0.0600. The van der Waals surface area contributed by atoms with E-state index >= 15 is 0 Å². The fraction of sp³-hybridized carbons (Fsp3) is 0.200. The fourth-order valence-electron chi connectivity index (χ4n) is 0.754. The van der Waals surface area contributed by atoms with Crippen molar-refractivity contribution in [1.82, 2.24) is 8.43 Å². The third-order valence-electron chi connectivity index (χ3n) is 1.19. The Kier molecular flexibility index (Phi) is 1.45. The zero-order valence-electron chi connectivity index (χ0n) is 4.70. The van der Waals surface area contributed by atoms with Gasteiger partial charge >= 0.3 is 0 Å². The molecule has 4 heteroatoms. The molecule has 48 valence electrons. The molecule has 2 aliphatic rings. The van der Waals surface area contributed by atoms with Gasteiger partial charge in [-0.05, 0) is 18.0 Å². The van der Waals surface area contributed by atoms with Crippen LogP contribution in [0, 0.1) is 0 Å². The molecule has 2 nitrogen and oxygen atoms in total. The lowest BCUT2D eigenvalue weighted by molar-refractivity contribution is 0.682. The molecular formula is C5H6N2S2. The van der Waals surface area contributed by atoms with Crippen molar-refractivity contribution in [3.8, 4) is 0 Å². The second-order valence-corrected chi connectivity index (χ2v) is 3.68. The number of hydrogen-bond donors (Lipinski definition) is 1. The van der Waals surface area contributed by atoms with Crippen molar-refractivity contribution >= 4 is 24.1 Å². The predicted octanol–water partition coefficient (Wildman–Crippen LogP) is 1.51. The minimum Gasteiger partial charge on any atom is -0.292 e. The van der Waals surface area contributed by atoms with E-state index < -0.39 is 0 Å². The second-order valence-electron chi connectivity index (χ2n) is 1.77. The van der Waals surface area contributed by atoms with Crippen molar-refractivity contribution in [3.63, 3.8) is 0 Å². The molecule has 0 aliphatic carbocycles. The summed E-state index contributed by atoms with van der Waals surface area (Å²) in [7, 11) is 0. The van der Waals surface area contributed by atoms with Crippen LogP contribution < -0.4 is 4.13 Å². The van der Waals surface area contributed by atoms with Gasteiger partial charge in [-0.2, -0.15) is 4.13 Å². The molecule has 1 N–H and O–H groups in total. The zero-order chi connectivity index (χ0) is 6.10. The maximum atomic E-state index is 3.12. The van der Waals surface area contributed by atoms with E-state index in [0.717, 1.165) is 6.54 Å². The molecular weight excluding hydrogens is 152 g/mol. The van der Waals surface area contributed by atoms with E-state index in [1.165, 1.54) is 5.03 Å². The largest absolute Gasteiger partial charge is 0.292 e. The van der Waals surface area contributed by atoms with Crippen molar-refractivity contribution < 1.29 is 0 Å². The quantitative estimate of drug-likeness (QED) is 0.537. The number of nitrogens with one attached hydrogen (secondary N) is 1. The van der Waals surface area contributed by atoms with Crippen LogP contribution in [0.5, 0.6) is 0 Å². The molecule has 0 aromatic carbocycles. The standard InChI is InChI=1S/C5H6N2S2/c1-2-4-7-5(3-1)8-6-9-7/h1-3,6H,4H2. The Labute approximate surface area is 62.8 Å². The minimum absolute atomic E-state index is 1.02. The summed E-state index contributed by atoms with van der Waals surface area (Å²) in [6.07, 6.45) is 6.34.